The second kappa shape index (κ2) is 5.75. The quantitative estimate of drug-likeness (QED) is 0.637. The maximum atomic E-state index is 11.3. The molecule has 1 atom stereocenters. The summed E-state index contributed by atoms with van der Waals surface area (Å²) in [4.78, 5) is 14.8. The number of benzene rings is 1. The van der Waals surface area contributed by atoms with Gasteiger partial charge in [-0.1, -0.05) is 11.6 Å². The summed E-state index contributed by atoms with van der Waals surface area (Å²) in [5.41, 5.74) is 0.392. The van der Waals surface area contributed by atoms with Crippen LogP contribution in [0.15, 0.2) is 18.3 Å². The van der Waals surface area contributed by atoms with Crippen molar-refractivity contribution in [2.45, 2.75) is 12.5 Å². The van der Waals surface area contributed by atoms with Crippen molar-refractivity contribution >= 4 is 28.2 Å². The molecule has 2 heterocycles. The molecule has 0 N–H and O–H groups in total. The van der Waals surface area contributed by atoms with Crippen molar-refractivity contribution in [3.63, 3.8) is 0 Å². The highest BCUT2D eigenvalue weighted by molar-refractivity contribution is 6.36. The maximum absolute atomic E-state index is 11.3. The van der Waals surface area contributed by atoms with E-state index < -0.39 is 4.92 Å². The number of nitro benzene ring substituents is 1. The summed E-state index contributed by atoms with van der Waals surface area (Å²) >= 11 is 6.10. The molecule has 3 rings (SSSR count). The average molecular weight is 320 g/mol. The van der Waals surface area contributed by atoms with Crippen LogP contribution in [0.25, 0.3) is 10.9 Å². The van der Waals surface area contributed by atoms with Gasteiger partial charge >= 0.3 is 5.69 Å². The second-order valence-electron chi connectivity index (χ2n) is 4.80. The summed E-state index contributed by atoms with van der Waals surface area (Å²) in [6.45, 7) is 0.971. The Kier molecular flexibility index (Phi) is 3.79. The molecule has 8 heteroatoms. The molecule has 0 bridgehead atoms. The number of nitriles is 1. The van der Waals surface area contributed by atoms with Gasteiger partial charge in [0.25, 0.3) is 0 Å². The summed E-state index contributed by atoms with van der Waals surface area (Å²) in [5, 5.41) is 20.7. The molecule has 0 amide bonds. The molecular formula is C14H10ClN3O4. The van der Waals surface area contributed by atoms with E-state index in [1.807, 2.05) is 6.07 Å². The standard InChI is InChI=1S/C14H10ClN3O4/c15-14-8(5-16)6-17-11-4-13(22-9-1-2-21-7-9)12(18(19)20)3-10(11)14/h3-4,6,9H,1-2,7H2/t9-/m1/s1. The number of hydrogen-bond donors (Lipinski definition) is 0. The number of nitro groups is 1. The number of nitrogens with zero attached hydrogens (tertiary/aromatic N) is 3. The summed E-state index contributed by atoms with van der Waals surface area (Å²) in [5.74, 6) is 0.126. The molecule has 1 saturated heterocycles. The molecule has 1 fully saturated rings. The van der Waals surface area contributed by atoms with Crippen LogP contribution < -0.4 is 4.74 Å². The lowest BCUT2D eigenvalue weighted by Crippen LogP contribution is -2.16. The lowest BCUT2D eigenvalue weighted by Gasteiger charge is -2.13. The minimum Gasteiger partial charge on any atom is -0.481 e. The van der Waals surface area contributed by atoms with Crippen LogP contribution in [-0.2, 0) is 4.74 Å². The molecule has 0 saturated carbocycles. The topological polar surface area (TPSA) is 98.3 Å². The SMILES string of the molecule is N#Cc1cnc2cc(O[C@@H]3CCOC3)c([N+](=O)[O-])cc2c1Cl. The monoisotopic (exact) mass is 319 g/mol. The van der Waals surface area contributed by atoms with E-state index in [2.05, 4.69) is 4.98 Å². The van der Waals surface area contributed by atoms with Crippen LogP contribution in [0.4, 0.5) is 5.69 Å². The van der Waals surface area contributed by atoms with E-state index in [9.17, 15) is 10.1 Å². The maximum Gasteiger partial charge on any atom is 0.311 e. The first kappa shape index (κ1) is 14.5. The third-order valence-corrected chi connectivity index (χ3v) is 3.79. The van der Waals surface area contributed by atoms with Gasteiger partial charge in [-0.05, 0) is 0 Å². The number of pyridine rings is 1. The van der Waals surface area contributed by atoms with Gasteiger partial charge in [-0.3, -0.25) is 15.1 Å². The minimum atomic E-state index is -0.542. The lowest BCUT2D eigenvalue weighted by molar-refractivity contribution is -0.385. The van der Waals surface area contributed by atoms with Crippen LogP contribution >= 0.6 is 11.6 Å². The highest BCUT2D eigenvalue weighted by atomic mass is 35.5. The zero-order valence-corrected chi connectivity index (χ0v) is 12.0. The fourth-order valence-electron chi connectivity index (χ4n) is 2.28. The summed E-state index contributed by atoms with van der Waals surface area (Å²) in [6.07, 6.45) is 1.79. The Morgan fingerprint density at radius 3 is 3.00 bits per heavy atom. The summed E-state index contributed by atoms with van der Waals surface area (Å²) < 4.78 is 10.9. The van der Waals surface area contributed by atoms with Gasteiger partial charge in [-0.25, -0.2) is 0 Å². The van der Waals surface area contributed by atoms with E-state index in [4.69, 9.17) is 26.3 Å². The van der Waals surface area contributed by atoms with Crippen LogP contribution in [0.3, 0.4) is 0 Å². The number of ether oxygens (including phenoxy) is 2. The fourth-order valence-corrected chi connectivity index (χ4v) is 2.52. The van der Waals surface area contributed by atoms with Crippen molar-refractivity contribution in [3.05, 3.63) is 39.0 Å². The van der Waals surface area contributed by atoms with Crippen LogP contribution in [0, 0.1) is 21.4 Å². The highest BCUT2D eigenvalue weighted by Gasteiger charge is 2.24. The Labute approximate surface area is 130 Å². The van der Waals surface area contributed by atoms with Crippen molar-refractivity contribution in [3.8, 4) is 11.8 Å². The number of halogens is 1. The van der Waals surface area contributed by atoms with Crippen molar-refractivity contribution in [1.82, 2.24) is 4.98 Å². The van der Waals surface area contributed by atoms with Crippen LogP contribution in [-0.4, -0.2) is 29.2 Å². The van der Waals surface area contributed by atoms with Crippen LogP contribution in [0.5, 0.6) is 5.75 Å². The summed E-state index contributed by atoms with van der Waals surface area (Å²) in [7, 11) is 0. The fraction of sp³-hybridized carbons (Fsp3) is 0.286. The number of fused-ring (bicyclic) bond motifs is 1. The molecule has 0 aliphatic carbocycles. The molecule has 112 valence electrons. The molecule has 2 aromatic rings. The van der Waals surface area contributed by atoms with Gasteiger partial charge in [0, 0.05) is 30.1 Å². The number of hydrogen-bond acceptors (Lipinski definition) is 6. The third kappa shape index (κ3) is 2.54. The first-order valence-corrected chi connectivity index (χ1v) is 6.89. The van der Waals surface area contributed by atoms with Gasteiger partial charge in [0.1, 0.15) is 12.2 Å². The summed E-state index contributed by atoms with van der Waals surface area (Å²) in [6, 6.07) is 4.66. The van der Waals surface area contributed by atoms with Crippen LogP contribution in [0.1, 0.15) is 12.0 Å². The third-order valence-electron chi connectivity index (χ3n) is 3.38. The Bertz CT molecular complexity index is 797. The Morgan fingerprint density at radius 1 is 1.55 bits per heavy atom. The molecule has 0 spiro atoms. The zero-order chi connectivity index (χ0) is 15.7. The predicted octanol–water partition coefficient (Wildman–Crippen LogP) is 2.84. The van der Waals surface area contributed by atoms with Gasteiger partial charge in [-0.2, -0.15) is 5.26 Å². The van der Waals surface area contributed by atoms with Crippen LogP contribution in [0.2, 0.25) is 5.02 Å². The largest absolute Gasteiger partial charge is 0.481 e. The highest BCUT2D eigenvalue weighted by Crippen LogP contribution is 2.36. The molecule has 1 aromatic carbocycles. The molecule has 0 radical (unpaired) electrons. The van der Waals surface area contributed by atoms with E-state index >= 15 is 0 Å². The molecule has 1 aliphatic rings. The molecular weight excluding hydrogens is 310 g/mol. The Hall–Kier alpha value is -2.43. The molecule has 1 aromatic heterocycles. The van der Waals surface area contributed by atoms with E-state index in [1.165, 1.54) is 18.3 Å². The van der Waals surface area contributed by atoms with E-state index in [0.717, 1.165) is 0 Å². The number of rotatable bonds is 3. The smallest absolute Gasteiger partial charge is 0.311 e. The van der Waals surface area contributed by atoms with Gasteiger partial charge in [-0.15, -0.1) is 0 Å². The van der Waals surface area contributed by atoms with E-state index in [0.29, 0.717) is 30.5 Å². The number of aromatic nitrogens is 1. The van der Waals surface area contributed by atoms with Gasteiger partial charge < -0.3 is 9.47 Å². The Morgan fingerprint density at radius 2 is 2.36 bits per heavy atom. The molecule has 22 heavy (non-hydrogen) atoms. The van der Waals surface area contributed by atoms with Crippen molar-refractivity contribution in [2.24, 2.45) is 0 Å². The molecule has 1 aliphatic heterocycles. The normalized spacial score (nSPS) is 17.4. The first-order valence-electron chi connectivity index (χ1n) is 6.51. The molecule has 7 nitrogen and oxygen atoms in total. The lowest BCUT2D eigenvalue weighted by atomic mass is 10.1. The van der Waals surface area contributed by atoms with E-state index in [-0.39, 0.29) is 28.1 Å². The van der Waals surface area contributed by atoms with Gasteiger partial charge in [0.2, 0.25) is 0 Å². The van der Waals surface area contributed by atoms with Gasteiger partial charge in [0.15, 0.2) is 5.75 Å². The van der Waals surface area contributed by atoms with Crippen molar-refractivity contribution in [1.29, 1.82) is 5.26 Å². The van der Waals surface area contributed by atoms with Crippen molar-refractivity contribution < 1.29 is 14.4 Å². The molecule has 0 unspecified atom stereocenters. The first-order chi connectivity index (χ1) is 10.6. The Balaban J connectivity index is 2.13. The second-order valence-corrected chi connectivity index (χ2v) is 5.17. The van der Waals surface area contributed by atoms with Crippen molar-refractivity contribution in [2.75, 3.05) is 13.2 Å². The minimum absolute atomic E-state index is 0.126. The average Bonchev–Trinajstić information content (AvgIpc) is 3.00. The zero-order valence-electron chi connectivity index (χ0n) is 11.3. The van der Waals surface area contributed by atoms with E-state index in [1.54, 1.807) is 0 Å². The predicted molar refractivity (Wildman–Crippen MR) is 78.0 cm³/mol. The van der Waals surface area contributed by atoms with Gasteiger partial charge in [0.05, 0.1) is 34.2 Å².